The Morgan fingerprint density at radius 2 is 1.71 bits per heavy atom. The van der Waals surface area contributed by atoms with Crippen LogP contribution in [0.25, 0.3) is 0 Å². The smallest absolute Gasteiger partial charge is 0.336 e. The van der Waals surface area contributed by atoms with Crippen molar-refractivity contribution in [3.8, 4) is 0 Å². The second-order valence-corrected chi connectivity index (χ2v) is 6.54. The Kier molecular flexibility index (Phi) is 5.47. The predicted octanol–water partition coefficient (Wildman–Crippen LogP) is 2.36. The van der Waals surface area contributed by atoms with Crippen molar-refractivity contribution in [3.05, 3.63) is 22.8 Å². The Labute approximate surface area is 139 Å². The van der Waals surface area contributed by atoms with Crippen molar-refractivity contribution in [3.63, 3.8) is 0 Å². The predicted molar refractivity (Wildman–Crippen MR) is 83.8 cm³/mol. The number of aromatic nitrogens is 2. The van der Waals surface area contributed by atoms with E-state index in [-0.39, 0.29) is 30.6 Å². The molecule has 1 aromatic heterocycles. The molecule has 0 aromatic carbocycles. The fourth-order valence-corrected chi connectivity index (χ4v) is 2.97. The van der Waals surface area contributed by atoms with Crippen LogP contribution in [0.15, 0.2) is 0 Å². The number of halogens is 3. The average Bonchev–Trinajstić information content (AvgIpc) is 2.61. The van der Waals surface area contributed by atoms with Crippen molar-refractivity contribution < 1.29 is 18.0 Å². The Balaban J connectivity index is 2.15. The number of aryl methyl sites for hydroxylation is 3. The van der Waals surface area contributed by atoms with Crippen molar-refractivity contribution in [2.45, 2.75) is 33.9 Å². The van der Waals surface area contributed by atoms with E-state index in [0.717, 1.165) is 5.69 Å². The molecule has 1 atom stereocenters. The highest BCUT2D eigenvalue weighted by molar-refractivity contribution is 5.93. The van der Waals surface area contributed by atoms with Gasteiger partial charge in [-0.3, -0.25) is 14.7 Å². The molecule has 2 heterocycles. The van der Waals surface area contributed by atoms with Gasteiger partial charge in [0, 0.05) is 26.2 Å². The number of rotatable bonds is 2. The first-order chi connectivity index (χ1) is 11.1. The molecule has 134 valence electrons. The molecule has 1 aliphatic heterocycles. The van der Waals surface area contributed by atoms with E-state index in [9.17, 15) is 18.0 Å². The zero-order chi connectivity index (χ0) is 18.1. The van der Waals surface area contributed by atoms with E-state index >= 15 is 0 Å². The summed E-state index contributed by atoms with van der Waals surface area (Å²) in [7, 11) is 0. The standard InChI is InChI=1S/C16H23F3N4O/c1-10-7-22(9-16(17,18)19)5-6-23(8-10)15(24)14-13(4)20-11(2)12(3)21-14/h10H,5-9H2,1-4H3. The summed E-state index contributed by atoms with van der Waals surface area (Å²) < 4.78 is 37.8. The highest BCUT2D eigenvalue weighted by atomic mass is 19.4. The lowest BCUT2D eigenvalue weighted by atomic mass is 10.1. The molecule has 0 N–H and O–H groups in total. The van der Waals surface area contributed by atoms with E-state index < -0.39 is 12.7 Å². The second kappa shape index (κ2) is 7.04. The molecule has 8 heteroatoms. The van der Waals surface area contributed by atoms with Crippen LogP contribution >= 0.6 is 0 Å². The van der Waals surface area contributed by atoms with Crippen molar-refractivity contribution in [2.24, 2.45) is 5.92 Å². The van der Waals surface area contributed by atoms with Crippen molar-refractivity contribution >= 4 is 5.91 Å². The van der Waals surface area contributed by atoms with Gasteiger partial charge in [-0.05, 0) is 26.7 Å². The average molecular weight is 344 g/mol. The van der Waals surface area contributed by atoms with Crippen LogP contribution in [0.2, 0.25) is 0 Å². The third-order valence-corrected chi connectivity index (χ3v) is 4.16. The summed E-state index contributed by atoms with van der Waals surface area (Å²) in [6, 6.07) is 0. The summed E-state index contributed by atoms with van der Waals surface area (Å²) >= 11 is 0. The zero-order valence-corrected chi connectivity index (χ0v) is 14.4. The maximum Gasteiger partial charge on any atom is 0.401 e. The molecule has 5 nitrogen and oxygen atoms in total. The lowest BCUT2D eigenvalue weighted by Gasteiger charge is -2.23. The van der Waals surface area contributed by atoms with Crippen LogP contribution in [0.1, 0.15) is 34.5 Å². The molecule has 0 spiro atoms. The largest absolute Gasteiger partial charge is 0.401 e. The normalized spacial score (nSPS) is 20.1. The Bertz CT molecular complexity index is 618. The van der Waals surface area contributed by atoms with E-state index in [2.05, 4.69) is 9.97 Å². The Morgan fingerprint density at radius 3 is 2.33 bits per heavy atom. The summed E-state index contributed by atoms with van der Waals surface area (Å²) in [5, 5.41) is 0. The van der Waals surface area contributed by atoms with Crippen molar-refractivity contribution in [1.82, 2.24) is 19.8 Å². The van der Waals surface area contributed by atoms with Gasteiger partial charge in [0.2, 0.25) is 0 Å². The van der Waals surface area contributed by atoms with Crippen LogP contribution in [-0.4, -0.2) is 64.6 Å². The minimum Gasteiger partial charge on any atom is -0.336 e. The quantitative estimate of drug-likeness (QED) is 0.826. The third-order valence-electron chi connectivity index (χ3n) is 4.16. The van der Waals surface area contributed by atoms with E-state index in [1.165, 1.54) is 4.90 Å². The number of hydrogen-bond acceptors (Lipinski definition) is 4. The van der Waals surface area contributed by atoms with Crippen LogP contribution in [-0.2, 0) is 0 Å². The molecule has 2 rings (SSSR count). The van der Waals surface area contributed by atoms with E-state index in [4.69, 9.17) is 0 Å². The Hall–Kier alpha value is -1.70. The fourth-order valence-electron chi connectivity index (χ4n) is 2.97. The third kappa shape index (κ3) is 4.66. The summed E-state index contributed by atoms with van der Waals surface area (Å²) in [5.74, 6) is -0.303. The molecular weight excluding hydrogens is 321 g/mol. The monoisotopic (exact) mass is 344 g/mol. The lowest BCUT2D eigenvalue weighted by Crippen LogP contribution is -2.39. The molecule has 0 saturated carbocycles. The fraction of sp³-hybridized carbons (Fsp3) is 0.688. The van der Waals surface area contributed by atoms with Crippen LogP contribution in [0, 0.1) is 26.7 Å². The summed E-state index contributed by atoms with van der Waals surface area (Å²) in [4.78, 5) is 24.4. The minimum absolute atomic E-state index is 0.0430. The van der Waals surface area contributed by atoms with E-state index in [1.54, 1.807) is 18.7 Å². The molecule has 1 amide bonds. The summed E-state index contributed by atoms with van der Waals surface area (Å²) in [6.07, 6.45) is -4.23. The molecule has 1 fully saturated rings. The number of amides is 1. The Morgan fingerprint density at radius 1 is 1.08 bits per heavy atom. The molecule has 1 aromatic rings. The first-order valence-corrected chi connectivity index (χ1v) is 7.97. The topological polar surface area (TPSA) is 49.3 Å². The van der Waals surface area contributed by atoms with Gasteiger partial charge in [0.1, 0.15) is 5.69 Å². The molecule has 0 radical (unpaired) electrons. The van der Waals surface area contributed by atoms with Gasteiger partial charge in [-0.25, -0.2) is 4.98 Å². The molecule has 1 saturated heterocycles. The van der Waals surface area contributed by atoms with Gasteiger partial charge in [0.25, 0.3) is 5.91 Å². The van der Waals surface area contributed by atoms with Gasteiger partial charge in [0.05, 0.1) is 23.6 Å². The van der Waals surface area contributed by atoms with Gasteiger partial charge < -0.3 is 4.90 Å². The maximum atomic E-state index is 12.8. The van der Waals surface area contributed by atoms with Crippen LogP contribution in [0.5, 0.6) is 0 Å². The van der Waals surface area contributed by atoms with Crippen molar-refractivity contribution in [1.29, 1.82) is 0 Å². The van der Waals surface area contributed by atoms with Crippen LogP contribution in [0.4, 0.5) is 13.2 Å². The number of carbonyl (C=O) groups excluding carboxylic acids is 1. The minimum atomic E-state index is -4.23. The first kappa shape index (κ1) is 18.6. The van der Waals surface area contributed by atoms with E-state index in [0.29, 0.717) is 24.5 Å². The van der Waals surface area contributed by atoms with Gasteiger partial charge in [0.15, 0.2) is 0 Å². The second-order valence-electron chi connectivity index (χ2n) is 6.54. The molecule has 24 heavy (non-hydrogen) atoms. The molecule has 1 aliphatic rings. The molecule has 0 bridgehead atoms. The number of nitrogens with zero attached hydrogens (tertiary/aromatic N) is 4. The van der Waals surface area contributed by atoms with Gasteiger partial charge in [-0.1, -0.05) is 6.92 Å². The first-order valence-electron chi connectivity index (χ1n) is 7.97. The highest BCUT2D eigenvalue weighted by Gasteiger charge is 2.33. The lowest BCUT2D eigenvalue weighted by molar-refractivity contribution is -0.146. The van der Waals surface area contributed by atoms with Gasteiger partial charge in [-0.15, -0.1) is 0 Å². The van der Waals surface area contributed by atoms with Crippen LogP contribution in [0.3, 0.4) is 0 Å². The van der Waals surface area contributed by atoms with E-state index in [1.807, 2.05) is 13.8 Å². The molecular formula is C16H23F3N4O. The SMILES string of the molecule is Cc1nc(C)c(C(=O)N2CCN(CC(F)(F)F)CC(C)C2)nc1C. The summed E-state index contributed by atoms with van der Waals surface area (Å²) in [6.45, 7) is 7.45. The summed E-state index contributed by atoms with van der Waals surface area (Å²) in [5.41, 5.74) is 2.29. The number of carbonyl (C=O) groups is 1. The maximum absolute atomic E-state index is 12.8. The molecule has 1 unspecified atom stereocenters. The zero-order valence-electron chi connectivity index (χ0n) is 14.4. The van der Waals surface area contributed by atoms with Gasteiger partial charge >= 0.3 is 6.18 Å². The van der Waals surface area contributed by atoms with Gasteiger partial charge in [-0.2, -0.15) is 13.2 Å². The van der Waals surface area contributed by atoms with Crippen molar-refractivity contribution in [2.75, 3.05) is 32.7 Å². The molecule has 0 aliphatic carbocycles. The number of alkyl halides is 3. The highest BCUT2D eigenvalue weighted by Crippen LogP contribution is 2.20. The number of hydrogen-bond donors (Lipinski definition) is 0. The van der Waals surface area contributed by atoms with Crippen LogP contribution < -0.4 is 0 Å².